The van der Waals surface area contributed by atoms with Gasteiger partial charge in [0, 0.05) is 18.9 Å². The fraction of sp³-hybridized carbons (Fsp3) is 0.214. The third kappa shape index (κ3) is 3.77. The summed E-state index contributed by atoms with van der Waals surface area (Å²) in [6.45, 7) is 2.74. The number of rotatable bonds is 5. The quantitative estimate of drug-likeness (QED) is 0.832. The second kappa shape index (κ2) is 6.49. The van der Waals surface area contributed by atoms with Gasteiger partial charge in [0.05, 0.1) is 12.2 Å². The van der Waals surface area contributed by atoms with Crippen LogP contribution in [0.15, 0.2) is 42.7 Å². The van der Waals surface area contributed by atoms with Crippen molar-refractivity contribution < 1.29 is 9.53 Å². The van der Waals surface area contributed by atoms with Gasteiger partial charge in [0.1, 0.15) is 0 Å². The molecule has 1 N–H and O–H groups in total. The zero-order valence-corrected chi connectivity index (χ0v) is 10.7. The lowest BCUT2D eigenvalue weighted by atomic mass is 10.2. The van der Waals surface area contributed by atoms with E-state index in [-0.39, 0.29) is 0 Å². The van der Waals surface area contributed by atoms with Crippen molar-refractivity contribution in [2.45, 2.75) is 13.5 Å². The van der Waals surface area contributed by atoms with E-state index in [9.17, 15) is 4.79 Å². The molecule has 2 rings (SSSR count). The molecule has 0 aliphatic carbocycles. The van der Waals surface area contributed by atoms with Gasteiger partial charge in [-0.3, -0.25) is 0 Å². The number of anilines is 1. The average Bonchev–Trinajstić information content (AvgIpc) is 2.47. The number of hydrogen-bond acceptors (Lipinski definition) is 5. The van der Waals surface area contributed by atoms with Gasteiger partial charge < -0.3 is 10.1 Å². The molecule has 98 valence electrons. The first kappa shape index (κ1) is 13.0. The monoisotopic (exact) mass is 257 g/mol. The zero-order valence-electron chi connectivity index (χ0n) is 10.7. The summed E-state index contributed by atoms with van der Waals surface area (Å²) in [5, 5.41) is 3.08. The molecule has 1 aromatic carbocycles. The van der Waals surface area contributed by atoms with E-state index < -0.39 is 5.97 Å². The molecule has 0 unspecified atom stereocenters. The molecule has 5 heteroatoms. The van der Waals surface area contributed by atoms with Crippen molar-refractivity contribution in [3.05, 3.63) is 53.9 Å². The molecule has 0 radical (unpaired) electrons. The second-order valence-electron chi connectivity index (χ2n) is 3.85. The van der Waals surface area contributed by atoms with Crippen molar-refractivity contribution in [3.63, 3.8) is 0 Å². The minimum absolute atomic E-state index is 0.340. The number of aromatic nitrogens is 2. The van der Waals surface area contributed by atoms with E-state index in [4.69, 9.17) is 4.74 Å². The highest BCUT2D eigenvalue weighted by atomic mass is 16.5. The van der Waals surface area contributed by atoms with Crippen molar-refractivity contribution in [3.8, 4) is 0 Å². The van der Waals surface area contributed by atoms with E-state index in [2.05, 4.69) is 15.3 Å². The van der Waals surface area contributed by atoms with Crippen LogP contribution < -0.4 is 5.32 Å². The molecular formula is C14H15N3O2. The Morgan fingerprint density at radius 3 is 2.53 bits per heavy atom. The number of carbonyl (C=O) groups is 1. The largest absolute Gasteiger partial charge is 0.462 e. The van der Waals surface area contributed by atoms with Crippen LogP contribution in [0.2, 0.25) is 0 Å². The fourth-order valence-corrected chi connectivity index (χ4v) is 1.52. The summed E-state index contributed by atoms with van der Waals surface area (Å²) in [4.78, 5) is 19.6. The van der Waals surface area contributed by atoms with Gasteiger partial charge in [-0.2, -0.15) is 0 Å². The van der Waals surface area contributed by atoms with Gasteiger partial charge in [-0.1, -0.05) is 30.3 Å². The standard InChI is InChI=1S/C14H15N3O2/c1-2-19-13(18)12-9-16-14(17-10-12)15-8-11-6-4-3-5-7-11/h3-7,9-10H,2,8H2,1H3,(H,15,16,17). The topological polar surface area (TPSA) is 64.1 Å². The number of carbonyl (C=O) groups excluding carboxylic acids is 1. The van der Waals surface area contributed by atoms with Crippen LogP contribution in [0.3, 0.4) is 0 Å². The Labute approximate surface area is 111 Å². The molecular weight excluding hydrogens is 242 g/mol. The molecule has 2 aromatic rings. The summed E-state index contributed by atoms with van der Waals surface area (Å²) in [6, 6.07) is 9.94. The van der Waals surface area contributed by atoms with Crippen LogP contribution >= 0.6 is 0 Å². The first-order chi connectivity index (χ1) is 9.29. The number of esters is 1. The smallest absolute Gasteiger partial charge is 0.341 e. The van der Waals surface area contributed by atoms with E-state index in [1.807, 2.05) is 30.3 Å². The van der Waals surface area contributed by atoms with Crippen LogP contribution in [0.25, 0.3) is 0 Å². The van der Waals surface area contributed by atoms with Crippen LogP contribution in [-0.2, 0) is 11.3 Å². The maximum Gasteiger partial charge on any atom is 0.341 e. The van der Waals surface area contributed by atoms with Gasteiger partial charge in [-0.25, -0.2) is 14.8 Å². The fourth-order valence-electron chi connectivity index (χ4n) is 1.52. The van der Waals surface area contributed by atoms with Crippen LogP contribution in [0, 0.1) is 0 Å². The maximum atomic E-state index is 11.4. The van der Waals surface area contributed by atoms with Crippen LogP contribution in [-0.4, -0.2) is 22.5 Å². The lowest BCUT2D eigenvalue weighted by molar-refractivity contribution is 0.0525. The van der Waals surface area contributed by atoms with E-state index >= 15 is 0 Å². The first-order valence-electron chi connectivity index (χ1n) is 6.06. The molecule has 0 amide bonds. The van der Waals surface area contributed by atoms with E-state index in [1.54, 1.807) is 6.92 Å². The summed E-state index contributed by atoms with van der Waals surface area (Å²) >= 11 is 0. The molecule has 0 saturated heterocycles. The van der Waals surface area contributed by atoms with E-state index in [1.165, 1.54) is 12.4 Å². The molecule has 0 spiro atoms. The third-order valence-corrected chi connectivity index (χ3v) is 2.46. The van der Waals surface area contributed by atoms with Crippen LogP contribution in [0.1, 0.15) is 22.8 Å². The van der Waals surface area contributed by atoms with Crippen LogP contribution in [0.5, 0.6) is 0 Å². The Kier molecular flexibility index (Phi) is 4.44. The molecule has 0 fully saturated rings. The summed E-state index contributed by atoms with van der Waals surface area (Å²) < 4.78 is 4.86. The number of nitrogens with zero attached hydrogens (tertiary/aromatic N) is 2. The van der Waals surface area contributed by atoms with Gasteiger partial charge in [0.2, 0.25) is 5.95 Å². The highest BCUT2D eigenvalue weighted by molar-refractivity contribution is 5.88. The first-order valence-corrected chi connectivity index (χ1v) is 6.06. The summed E-state index contributed by atoms with van der Waals surface area (Å²) in [5.74, 6) is 0.0778. The molecule has 19 heavy (non-hydrogen) atoms. The minimum Gasteiger partial charge on any atom is -0.462 e. The van der Waals surface area contributed by atoms with E-state index in [0.29, 0.717) is 24.7 Å². The van der Waals surface area contributed by atoms with Crippen molar-refractivity contribution >= 4 is 11.9 Å². The SMILES string of the molecule is CCOC(=O)c1cnc(NCc2ccccc2)nc1. The normalized spacial score (nSPS) is 9.95. The zero-order chi connectivity index (χ0) is 13.5. The second-order valence-corrected chi connectivity index (χ2v) is 3.85. The predicted octanol–water partition coefficient (Wildman–Crippen LogP) is 2.27. The van der Waals surface area contributed by atoms with Gasteiger partial charge in [0.25, 0.3) is 0 Å². The molecule has 1 aromatic heterocycles. The highest BCUT2D eigenvalue weighted by Gasteiger charge is 2.07. The van der Waals surface area contributed by atoms with Gasteiger partial charge >= 0.3 is 5.97 Å². The van der Waals surface area contributed by atoms with Crippen LogP contribution in [0.4, 0.5) is 5.95 Å². The Morgan fingerprint density at radius 1 is 1.21 bits per heavy atom. The third-order valence-electron chi connectivity index (χ3n) is 2.46. The molecule has 0 aliphatic rings. The average molecular weight is 257 g/mol. The molecule has 0 bridgehead atoms. The maximum absolute atomic E-state index is 11.4. The molecule has 1 heterocycles. The summed E-state index contributed by atoms with van der Waals surface area (Å²) in [7, 11) is 0. The Hall–Kier alpha value is -2.43. The van der Waals surface area contributed by atoms with Gasteiger partial charge in [0.15, 0.2) is 0 Å². The Bertz CT molecular complexity index is 526. The Balaban J connectivity index is 1.94. The number of benzene rings is 1. The molecule has 5 nitrogen and oxygen atoms in total. The summed E-state index contributed by atoms with van der Waals surface area (Å²) in [6.07, 6.45) is 2.91. The lowest BCUT2D eigenvalue weighted by Gasteiger charge is -2.05. The molecule has 0 saturated carbocycles. The molecule has 0 atom stereocenters. The lowest BCUT2D eigenvalue weighted by Crippen LogP contribution is -2.08. The van der Waals surface area contributed by atoms with Gasteiger partial charge in [-0.05, 0) is 12.5 Å². The van der Waals surface area contributed by atoms with Crippen molar-refractivity contribution in [1.29, 1.82) is 0 Å². The highest BCUT2D eigenvalue weighted by Crippen LogP contribution is 2.05. The molecule has 0 aliphatic heterocycles. The summed E-state index contributed by atoms with van der Waals surface area (Å²) in [5.41, 5.74) is 1.49. The minimum atomic E-state index is -0.405. The Morgan fingerprint density at radius 2 is 1.89 bits per heavy atom. The van der Waals surface area contributed by atoms with Crippen molar-refractivity contribution in [2.75, 3.05) is 11.9 Å². The number of ether oxygens (including phenoxy) is 1. The van der Waals surface area contributed by atoms with E-state index in [0.717, 1.165) is 5.56 Å². The van der Waals surface area contributed by atoms with Crippen molar-refractivity contribution in [1.82, 2.24) is 9.97 Å². The predicted molar refractivity (Wildman–Crippen MR) is 71.8 cm³/mol. The van der Waals surface area contributed by atoms with Crippen molar-refractivity contribution in [2.24, 2.45) is 0 Å². The number of hydrogen-bond donors (Lipinski definition) is 1. The number of nitrogens with one attached hydrogen (secondary N) is 1. The van der Waals surface area contributed by atoms with Gasteiger partial charge in [-0.15, -0.1) is 0 Å².